The maximum absolute atomic E-state index is 11.3. The zero-order valence-corrected chi connectivity index (χ0v) is 7.10. The predicted octanol–water partition coefficient (Wildman–Crippen LogP) is 2.08. The maximum Gasteiger partial charge on any atom is 0.176 e. The molecule has 0 spiro atoms. The van der Waals surface area contributed by atoms with Gasteiger partial charge in [-0.1, -0.05) is 42.5 Å². The van der Waals surface area contributed by atoms with Gasteiger partial charge in [-0.25, -0.2) is 0 Å². The van der Waals surface area contributed by atoms with Crippen LogP contribution in [-0.4, -0.2) is 5.78 Å². The second-order valence-electron chi connectivity index (χ2n) is 2.51. The molecule has 0 aromatic carbocycles. The van der Waals surface area contributed by atoms with Crippen LogP contribution >= 0.6 is 0 Å². The Morgan fingerprint density at radius 2 is 1.92 bits per heavy atom. The monoisotopic (exact) mass is 171 g/mol. The molecule has 0 bridgehead atoms. The van der Waals surface area contributed by atoms with Crippen LogP contribution < -0.4 is 0 Å². The van der Waals surface area contributed by atoms with Gasteiger partial charge < -0.3 is 0 Å². The van der Waals surface area contributed by atoms with Crippen molar-refractivity contribution in [1.82, 2.24) is 0 Å². The van der Waals surface area contributed by atoms with Crippen LogP contribution in [0.4, 0.5) is 0 Å². The molecule has 0 aromatic heterocycles. The average Bonchev–Trinajstić information content (AvgIpc) is 2.03. The average molecular weight is 171 g/mol. The molecule has 0 fully saturated rings. The number of ketones is 1. The van der Waals surface area contributed by atoms with Gasteiger partial charge in [-0.05, 0) is 0 Å². The second-order valence-corrected chi connectivity index (χ2v) is 2.51. The minimum Gasteiger partial charge on any atom is -0.293 e. The Labute approximate surface area is 77.2 Å². The van der Waals surface area contributed by atoms with Crippen LogP contribution in [0.15, 0.2) is 48.1 Å². The molecule has 0 aromatic rings. The number of hydrogen-bond donors (Lipinski definition) is 0. The lowest BCUT2D eigenvalue weighted by atomic mass is 10.1. The van der Waals surface area contributed by atoms with Crippen molar-refractivity contribution < 1.29 is 4.79 Å². The summed E-state index contributed by atoms with van der Waals surface area (Å²) in [5, 5.41) is 8.34. The van der Waals surface area contributed by atoms with Gasteiger partial charge in [-0.15, -0.1) is 0 Å². The van der Waals surface area contributed by atoms with Crippen molar-refractivity contribution in [2.45, 2.75) is 6.42 Å². The second kappa shape index (κ2) is 4.89. The van der Waals surface area contributed by atoms with E-state index in [1.165, 1.54) is 0 Å². The molecule has 0 atom stereocenters. The largest absolute Gasteiger partial charge is 0.293 e. The van der Waals surface area contributed by atoms with Crippen molar-refractivity contribution in [3.63, 3.8) is 0 Å². The van der Waals surface area contributed by atoms with Crippen LogP contribution in [-0.2, 0) is 4.79 Å². The fourth-order valence-electron chi connectivity index (χ4n) is 0.926. The van der Waals surface area contributed by atoms with E-state index in [1.54, 1.807) is 24.3 Å². The summed E-state index contributed by atoms with van der Waals surface area (Å²) < 4.78 is 0. The summed E-state index contributed by atoms with van der Waals surface area (Å²) in [4.78, 5) is 11.3. The van der Waals surface area contributed by atoms with E-state index < -0.39 is 0 Å². The summed E-state index contributed by atoms with van der Waals surface area (Å²) in [5.41, 5.74) is 0.571. The van der Waals surface area contributed by atoms with Crippen LogP contribution in [0.5, 0.6) is 0 Å². The normalized spacial score (nSPS) is 19.2. The van der Waals surface area contributed by atoms with E-state index in [4.69, 9.17) is 5.26 Å². The summed E-state index contributed by atoms with van der Waals surface area (Å²) in [7, 11) is 0. The highest BCUT2D eigenvalue weighted by atomic mass is 16.1. The van der Waals surface area contributed by atoms with Crippen molar-refractivity contribution >= 4 is 5.78 Å². The molecule has 0 aliphatic heterocycles. The highest BCUT2D eigenvalue weighted by Gasteiger charge is 2.03. The van der Waals surface area contributed by atoms with E-state index in [1.807, 2.05) is 24.3 Å². The fraction of sp³-hybridized carbons (Fsp3) is 0.0909. The van der Waals surface area contributed by atoms with Crippen LogP contribution in [0.3, 0.4) is 0 Å². The number of carbonyl (C=O) groups is 1. The van der Waals surface area contributed by atoms with Crippen molar-refractivity contribution in [2.24, 2.45) is 0 Å². The zero-order valence-electron chi connectivity index (χ0n) is 7.10. The van der Waals surface area contributed by atoms with E-state index >= 15 is 0 Å². The SMILES string of the molecule is N#CCC(=O)C1=C/C=C\C=C/C=C1. The Morgan fingerprint density at radius 1 is 1.23 bits per heavy atom. The number of carbonyl (C=O) groups excluding carboxylic acids is 1. The van der Waals surface area contributed by atoms with Gasteiger partial charge in [0.15, 0.2) is 5.78 Å². The van der Waals surface area contributed by atoms with E-state index in [9.17, 15) is 4.79 Å². The first-order valence-corrected chi connectivity index (χ1v) is 3.96. The molecule has 1 rings (SSSR count). The van der Waals surface area contributed by atoms with Gasteiger partial charge in [0.1, 0.15) is 0 Å². The fourth-order valence-corrected chi connectivity index (χ4v) is 0.926. The van der Waals surface area contributed by atoms with E-state index in [0.717, 1.165) is 0 Å². The van der Waals surface area contributed by atoms with Gasteiger partial charge in [0, 0.05) is 5.57 Å². The van der Waals surface area contributed by atoms with E-state index in [-0.39, 0.29) is 12.2 Å². The third-order valence-corrected chi connectivity index (χ3v) is 1.56. The van der Waals surface area contributed by atoms with Crippen molar-refractivity contribution in [1.29, 1.82) is 5.26 Å². The van der Waals surface area contributed by atoms with Gasteiger partial charge in [0.2, 0.25) is 0 Å². The third kappa shape index (κ3) is 2.92. The number of rotatable bonds is 2. The molecule has 64 valence electrons. The topological polar surface area (TPSA) is 40.9 Å². The molecule has 0 amide bonds. The van der Waals surface area contributed by atoms with Crippen LogP contribution in [0.25, 0.3) is 0 Å². The molecule has 0 N–H and O–H groups in total. The van der Waals surface area contributed by atoms with Crippen LogP contribution in [0, 0.1) is 11.3 Å². The quantitative estimate of drug-likeness (QED) is 0.638. The molecule has 1 aliphatic rings. The summed E-state index contributed by atoms with van der Waals surface area (Å²) in [6.45, 7) is 0. The molecule has 2 heteroatoms. The smallest absolute Gasteiger partial charge is 0.176 e. The van der Waals surface area contributed by atoms with Crippen LogP contribution in [0.1, 0.15) is 6.42 Å². The number of nitrogens with zero attached hydrogens (tertiary/aromatic N) is 1. The maximum atomic E-state index is 11.3. The predicted molar refractivity (Wildman–Crippen MR) is 50.7 cm³/mol. The number of allylic oxidation sites excluding steroid dienone is 8. The molecule has 13 heavy (non-hydrogen) atoms. The zero-order chi connectivity index (χ0) is 9.52. The van der Waals surface area contributed by atoms with Crippen LogP contribution in [0.2, 0.25) is 0 Å². The minimum absolute atomic E-state index is 0.0618. The Bertz CT molecular complexity index is 351. The van der Waals surface area contributed by atoms with Gasteiger partial charge in [0.25, 0.3) is 0 Å². The molecule has 0 heterocycles. The first-order valence-electron chi connectivity index (χ1n) is 3.96. The van der Waals surface area contributed by atoms with Gasteiger partial charge in [-0.3, -0.25) is 4.79 Å². The standard InChI is InChI=1S/C11H9NO/c12-9-8-11(13)10-6-4-2-1-3-5-7-10/h1-7H,8H2/b2-1-,3-1?,4-2?,5-3-,6-4?,7-5?,10-6?,10-7?. The Morgan fingerprint density at radius 3 is 2.69 bits per heavy atom. The Balaban J connectivity index is 2.80. The molecule has 0 saturated carbocycles. The van der Waals surface area contributed by atoms with Crippen molar-refractivity contribution in [3.05, 3.63) is 48.1 Å². The molecule has 1 aliphatic carbocycles. The number of hydrogen-bond acceptors (Lipinski definition) is 2. The Kier molecular flexibility index (Phi) is 3.46. The third-order valence-electron chi connectivity index (χ3n) is 1.56. The van der Waals surface area contributed by atoms with Crippen molar-refractivity contribution in [2.75, 3.05) is 0 Å². The first kappa shape index (κ1) is 9.21. The summed E-state index contributed by atoms with van der Waals surface area (Å²) >= 11 is 0. The summed E-state index contributed by atoms with van der Waals surface area (Å²) in [5.74, 6) is -0.140. The number of Topliss-reactive ketones (excluding diaryl/α,β-unsaturated/α-hetero) is 1. The number of nitriles is 1. The molecular weight excluding hydrogens is 162 g/mol. The van der Waals surface area contributed by atoms with E-state index in [2.05, 4.69) is 0 Å². The summed E-state index contributed by atoms with van der Waals surface area (Å²) in [6.07, 6.45) is 12.5. The summed E-state index contributed by atoms with van der Waals surface area (Å²) in [6, 6.07) is 1.83. The highest BCUT2D eigenvalue weighted by molar-refractivity contribution is 5.99. The Hall–Kier alpha value is -1.88. The molecule has 2 nitrogen and oxygen atoms in total. The lowest BCUT2D eigenvalue weighted by Gasteiger charge is -1.95. The molecule has 0 saturated heterocycles. The molecular formula is C11H9NO. The van der Waals surface area contributed by atoms with E-state index in [0.29, 0.717) is 5.57 Å². The van der Waals surface area contributed by atoms with Gasteiger partial charge in [-0.2, -0.15) is 5.26 Å². The first-order chi connectivity index (χ1) is 6.34. The lowest BCUT2D eigenvalue weighted by molar-refractivity contribution is -0.114. The van der Waals surface area contributed by atoms with Gasteiger partial charge >= 0.3 is 0 Å². The molecule has 0 unspecified atom stereocenters. The molecule has 0 radical (unpaired) electrons. The van der Waals surface area contributed by atoms with Crippen molar-refractivity contribution in [3.8, 4) is 6.07 Å². The highest BCUT2D eigenvalue weighted by Crippen LogP contribution is 2.04. The lowest BCUT2D eigenvalue weighted by Crippen LogP contribution is -1.98. The minimum atomic E-state index is -0.140. The van der Waals surface area contributed by atoms with Gasteiger partial charge in [0.05, 0.1) is 12.5 Å².